The molecule has 0 aliphatic rings. The lowest BCUT2D eigenvalue weighted by Gasteiger charge is -2.09. The SMILES string of the molecule is CC(C)CNCc1ccc(Sc2nccc(=O)[nH]2)c(F)c1. The summed E-state index contributed by atoms with van der Waals surface area (Å²) >= 11 is 1.10. The van der Waals surface area contributed by atoms with Crippen LogP contribution in [-0.4, -0.2) is 16.5 Å². The molecule has 0 fully saturated rings. The van der Waals surface area contributed by atoms with Crippen molar-refractivity contribution in [2.45, 2.75) is 30.4 Å². The zero-order valence-corrected chi connectivity index (χ0v) is 12.8. The topological polar surface area (TPSA) is 57.8 Å². The number of H-pyrrole nitrogens is 1. The fraction of sp³-hybridized carbons (Fsp3) is 0.333. The average molecular weight is 307 g/mol. The van der Waals surface area contributed by atoms with E-state index in [1.54, 1.807) is 6.07 Å². The van der Waals surface area contributed by atoms with Crippen molar-refractivity contribution >= 4 is 11.8 Å². The van der Waals surface area contributed by atoms with E-state index in [1.165, 1.54) is 18.3 Å². The molecule has 0 spiro atoms. The molecule has 2 N–H and O–H groups in total. The van der Waals surface area contributed by atoms with Gasteiger partial charge in [-0.25, -0.2) is 9.37 Å². The van der Waals surface area contributed by atoms with E-state index in [0.717, 1.165) is 23.9 Å². The fourth-order valence-corrected chi connectivity index (χ4v) is 2.52. The number of rotatable bonds is 6. The van der Waals surface area contributed by atoms with Crippen LogP contribution in [0.1, 0.15) is 19.4 Å². The zero-order valence-electron chi connectivity index (χ0n) is 12.0. The molecule has 1 aromatic carbocycles. The van der Waals surface area contributed by atoms with Gasteiger partial charge in [0, 0.05) is 18.8 Å². The minimum Gasteiger partial charge on any atom is -0.312 e. The predicted molar refractivity (Wildman–Crippen MR) is 81.9 cm³/mol. The van der Waals surface area contributed by atoms with Crippen molar-refractivity contribution in [3.05, 3.63) is 52.2 Å². The molecule has 6 heteroatoms. The van der Waals surface area contributed by atoms with Crippen LogP contribution in [0.25, 0.3) is 0 Å². The molecule has 0 saturated heterocycles. The number of hydrogen-bond donors (Lipinski definition) is 2. The predicted octanol–water partition coefficient (Wildman–Crippen LogP) is 2.81. The molecule has 0 aliphatic carbocycles. The summed E-state index contributed by atoms with van der Waals surface area (Å²) in [6, 6.07) is 6.42. The van der Waals surface area contributed by atoms with Crippen molar-refractivity contribution in [2.75, 3.05) is 6.54 Å². The Balaban J connectivity index is 2.03. The Kier molecular flexibility index (Phi) is 5.52. The van der Waals surface area contributed by atoms with Crippen molar-refractivity contribution in [2.24, 2.45) is 5.92 Å². The van der Waals surface area contributed by atoms with Crippen LogP contribution in [0.2, 0.25) is 0 Å². The van der Waals surface area contributed by atoms with Gasteiger partial charge in [-0.15, -0.1) is 0 Å². The summed E-state index contributed by atoms with van der Waals surface area (Å²) in [4.78, 5) is 18.2. The molecular formula is C15H18FN3OS. The second kappa shape index (κ2) is 7.38. The number of aromatic nitrogens is 2. The third kappa shape index (κ3) is 4.99. The van der Waals surface area contributed by atoms with Crippen molar-refractivity contribution < 1.29 is 4.39 Å². The summed E-state index contributed by atoms with van der Waals surface area (Å²) < 4.78 is 14.1. The van der Waals surface area contributed by atoms with Crippen LogP contribution in [-0.2, 0) is 6.54 Å². The van der Waals surface area contributed by atoms with E-state index >= 15 is 0 Å². The maximum atomic E-state index is 14.1. The maximum absolute atomic E-state index is 14.1. The first-order valence-electron chi connectivity index (χ1n) is 6.77. The van der Waals surface area contributed by atoms with Crippen LogP contribution >= 0.6 is 11.8 Å². The van der Waals surface area contributed by atoms with E-state index in [9.17, 15) is 9.18 Å². The van der Waals surface area contributed by atoms with Gasteiger partial charge in [0.05, 0.1) is 4.90 Å². The molecule has 2 aromatic rings. The monoisotopic (exact) mass is 307 g/mol. The molecule has 0 radical (unpaired) electrons. The number of nitrogens with one attached hydrogen (secondary N) is 2. The Morgan fingerprint density at radius 1 is 1.38 bits per heavy atom. The van der Waals surface area contributed by atoms with Crippen LogP contribution in [0.3, 0.4) is 0 Å². The highest BCUT2D eigenvalue weighted by Gasteiger charge is 2.07. The third-order valence-electron chi connectivity index (χ3n) is 2.73. The van der Waals surface area contributed by atoms with Gasteiger partial charge in [0.2, 0.25) is 0 Å². The quantitative estimate of drug-likeness (QED) is 0.806. The Labute approximate surface area is 127 Å². The number of nitrogens with zero attached hydrogens (tertiary/aromatic N) is 1. The van der Waals surface area contributed by atoms with Gasteiger partial charge in [0.15, 0.2) is 5.16 Å². The summed E-state index contributed by atoms with van der Waals surface area (Å²) in [6.07, 6.45) is 1.41. The Morgan fingerprint density at radius 3 is 2.86 bits per heavy atom. The molecule has 0 bridgehead atoms. The fourth-order valence-electron chi connectivity index (χ4n) is 1.75. The van der Waals surface area contributed by atoms with E-state index in [1.807, 2.05) is 6.07 Å². The van der Waals surface area contributed by atoms with Crippen molar-refractivity contribution in [1.82, 2.24) is 15.3 Å². The van der Waals surface area contributed by atoms with E-state index in [2.05, 4.69) is 29.1 Å². The molecule has 0 amide bonds. The highest BCUT2D eigenvalue weighted by molar-refractivity contribution is 7.99. The lowest BCUT2D eigenvalue weighted by atomic mass is 10.2. The summed E-state index contributed by atoms with van der Waals surface area (Å²) in [5, 5.41) is 3.65. The molecule has 21 heavy (non-hydrogen) atoms. The Hall–Kier alpha value is -1.66. The Bertz CT molecular complexity index is 657. The standard InChI is InChI=1S/C15H18FN3OS/c1-10(2)8-17-9-11-3-4-13(12(16)7-11)21-15-18-6-5-14(20)19-15/h3-7,10,17H,8-9H2,1-2H3,(H,18,19,20). The normalized spacial score (nSPS) is 11.0. The van der Waals surface area contributed by atoms with Crippen LogP contribution in [0.5, 0.6) is 0 Å². The van der Waals surface area contributed by atoms with Crippen molar-refractivity contribution in [1.29, 1.82) is 0 Å². The van der Waals surface area contributed by atoms with E-state index < -0.39 is 0 Å². The lowest BCUT2D eigenvalue weighted by molar-refractivity contribution is 0.548. The maximum Gasteiger partial charge on any atom is 0.251 e. The number of halogens is 1. The molecule has 2 rings (SSSR count). The van der Waals surface area contributed by atoms with Gasteiger partial charge in [0.25, 0.3) is 5.56 Å². The molecule has 0 saturated carbocycles. The first-order chi connectivity index (χ1) is 10.0. The van der Waals surface area contributed by atoms with Crippen LogP contribution in [0.15, 0.2) is 45.3 Å². The van der Waals surface area contributed by atoms with Gasteiger partial charge in [-0.05, 0) is 41.9 Å². The second-order valence-corrected chi connectivity index (χ2v) is 6.16. The van der Waals surface area contributed by atoms with E-state index in [0.29, 0.717) is 22.5 Å². The molecule has 1 heterocycles. The Morgan fingerprint density at radius 2 is 2.19 bits per heavy atom. The molecule has 0 atom stereocenters. The van der Waals surface area contributed by atoms with Gasteiger partial charge >= 0.3 is 0 Å². The van der Waals surface area contributed by atoms with E-state index in [4.69, 9.17) is 0 Å². The summed E-state index contributed by atoms with van der Waals surface area (Å²) in [7, 11) is 0. The smallest absolute Gasteiger partial charge is 0.251 e. The molecule has 4 nitrogen and oxygen atoms in total. The van der Waals surface area contributed by atoms with Crippen LogP contribution in [0.4, 0.5) is 4.39 Å². The zero-order chi connectivity index (χ0) is 15.2. The first kappa shape index (κ1) is 15.7. The lowest BCUT2D eigenvalue weighted by Crippen LogP contribution is -2.19. The second-order valence-electron chi connectivity index (χ2n) is 5.13. The number of aromatic amines is 1. The van der Waals surface area contributed by atoms with Gasteiger partial charge in [-0.1, -0.05) is 19.9 Å². The molecule has 1 aromatic heterocycles. The van der Waals surface area contributed by atoms with Gasteiger partial charge < -0.3 is 10.3 Å². The summed E-state index contributed by atoms with van der Waals surface area (Å²) in [5.74, 6) is 0.251. The highest BCUT2D eigenvalue weighted by atomic mass is 32.2. The largest absolute Gasteiger partial charge is 0.312 e. The summed E-state index contributed by atoms with van der Waals surface area (Å²) in [6.45, 7) is 5.79. The minimum absolute atomic E-state index is 0.248. The number of benzene rings is 1. The first-order valence-corrected chi connectivity index (χ1v) is 7.58. The van der Waals surface area contributed by atoms with Gasteiger partial charge in [0.1, 0.15) is 5.82 Å². The third-order valence-corrected chi connectivity index (χ3v) is 3.68. The van der Waals surface area contributed by atoms with Gasteiger partial charge in [-0.3, -0.25) is 4.79 Å². The van der Waals surface area contributed by atoms with Gasteiger partial charge in [-0.2, -0.15) is 0 Å². The van der Waals surface area contributed by atoms with Crippen LogP contribution < -0.4 is 10.9 Å². The van der Waals surface area contributed by atoms with Crippen LogP contribution in [0, 0.1) is 11.7 Å². The highest BCUT2D eigenvalue weighted by Crippen LogP contribution is 2.26. The molecule has 0 unspecified atom stereocenters. The van der Waals surface area contributed by atoms with E-state index in [-0.39, 0.29) is 11.4 Å². The summed E-state index contributed by atoms with van der Waals surface area (Å²) in [5.41, 5.74) is 0.648. The molecular weight excluding hydrogens is 289 g/mol. The molecule has 0 aliphatic heterocycles. The number of hydrogen-bond acceptors (Lipinski definition) is 4. The van der Waals surface area contributed by atoms with Crippen molar-refractivity contribution in [3.8, 4) is 0 Å². The average Bonchev–Trinajstić information content (AvgIpc) is 2.41. The molecule has 112 valence electrons. The van der Waals surface area contributed by atoms with Crippen molar-refractivity contribution in [3.63, 3.8) is 0 Å². The minimum atomic E-state index is -0.310.